The molecule has 1 rings (SSSR count). The molecule has 0 aromatic heterocycles. The van der Waals surface area contributed by atoms with Crippen LogP contribution in [0.25, 0.3) is 0 Å². The molecule has 0 spiro atoms. The van der Waals surface area contributed by atoms with Crippen molar-refractivity contribution in [3.05, 3.63) is 0 Å². The molecule has 0 saturated carbocycles. The van der Waals surface area contributed by atoms with Gasteiger partial charge in [0.15, 0.2) is 0 Å². The summed E-state index contributed by atoms with van der Waals surface area (Å²) in [7, 11) is 1.67. The number of amides is 2. The van der Waals surface area contributed by atoms with E-state index in [0.29, 0.717) is 39.3 Å². The molecule has 1 aliphatic heterocycles. The zero-order chi connectivity index (χ0) is 14.4. The van der Waals surface area contributed by atoms with Crippen LogP contribution in [0.5, 0.6) is 0 Å². The summed E-state index contributed by atoms with van der Waals surface area (Å²) in [5.41, 5.74) is 0. The molecular formula is C12H23N3O4. The molecule has 1 heterocycles. The van der Waals surface area contributed by atoms with Crippen LogP contribution in [-0.2, 0) is 4.79 Å². The van der Waals surface area contributed by atoms with Crippen molar-refractivity contribution in [2.45, 2.75) is 19.4 Å². The summed E-state index contributed by atoms with van der Waals surface area (Å²) >= 11 is 0. The molecule has 1 fully saturated rings. The second kappa shape index (κ2) is 7.30. The molecule has 1 saturated heterocycles. The van der Waals surface area contributed by atoms with Gasteiger partial charge in [-0.1, -0.05) is 0 Å². The SMILES string of the molecule is CC(O)CN(C)C(=O)N1CCN(CCC(=O)O)CC1. The Hall–Kier alpha value is -1.34. The summed E-state index contributed by atoms with van der Waals surface area (Å²) in [5, 5.41) is 17.9. The molecule has 0 aromatic rings. The smallest absolute Gasteiger partial charge is 0.319 e. The Morgan fingerprint density at radius 1 is 1.26 bits per heavy atom. The maximum Gasteiger partial charge on any atom is 0.319 e. The van der Waals surface area contributed by atoms with E-state index in [1.54, 1.807) is 18.9 Å². The van der Waals surface area contributed by atoms with E-state index in [1.165, 1.54) is 4.90 Å². The zero-order valence-corrected chi connectivity index (χ0v) is 11.6. The van der Waals surface area contributed by atoms with E-state index in [0.717, 1.165) is 0 Å². The van der Waals surface area contributed by atoms with Crippen molar-refractivity contribution >= 4 is 12.0 Å². The number of nitrogens with zero attached hydrogens (tertiary/aromatic N) is 3. The summed E-state index contributed by atoms with van der Waals surface area (Å²) in [4.78, 5) is 27.8. The first-order chi connectivity index (χ1) is 8.90. The molecule has 0 radical (unpaired) electrons. The topological polar surface area (TPSA) is 84.3 Å². The first kappa shape index (κ1) is 15.7. The van der Waals surface area contributed by atoms with Gasteiger partial charge in [-0.15, -0.1) is 0 Å². The van der Waals surface area contributed by atoms with Crippen molar-refractivity contribution in [3.63, 3.8) is 0 Å². The number of aliphatic hydroxyl groups is 1. The lowest BCUT2D eigenvalue weighted by molar-refractivity contribution is -0.137. The van der Waals surface area contributed by atoms with Gasteiger partial charge in [0, 0.05) is 46.3 Å². The van der Waals surface area contributed by atoms with Gasteiger partial charge >= 0.3 is 12.0 Å². The molecule has 7 nitrogen and oxygen atoms in total. The van der Waals surface area contributed by atoms with Crippen molar-refractivity contribution in [3.8, 4) is 0 Å². The highest BCUT2D eigenvalue weighted by Gasteiger charge is 2.23. The Balaban J connectivity index is 2.32. The second-order valence-corrected chi connectivity index (χ2v) is 4.98. The number of aliphatic hydroxyl groups excluding tert-OH is 1. The van der Waals surface area contributed by atoms with Crippen LogP contribution in [0, 0.1) is 0 Å². The van der Waals surface area contributed by atoms with Crippen LogP contribution in [0.4, 0.5) is 4.79 Å². The Morgan fingerprint density at radius 2 is 1.84 bits per heavy atom. The Labute approximate surface area is 113 Å². The quantitative estimate of drug-likeness (QED) is 0.706. The maximum absolute atomic E-state index is 12.0. The number of carboxylic acids is 1. The molecule has 2 amide bonds. The van der Waals surface area contributed by atoms with E-state index in [4.69, 9.17) is 5.11 Å². The Bertz CT molecular complexity index is 314. The summed E-state index contributed by atoms with van der Waals surface area (Å²) in [6.45, 7) is 5.08. The summed E-state index contributed by atoms with van der Waals surface area (Å²) < 4.78 is 0. The van der Waals surface area contributed by atoms with Gasteiger partial charge in [-0.05, 0) is 6.92 Å². The third-order valence-corrected chi connectivity index (χ3v) is 3.15. The van der Waals surface area contributed by atoms with Gasteiger partial charge < -0.3 is 20.0 Å². The van der Waals surface area contributed by atoms with Crippen LogP contribution in [0.3, 0.4) is 0 Å². The molecule has 1 atom stereocenters. The third-order valence-electron chi connectivity index (χ3n) is 3.15. The minimum Gasteiger partial charge on any atom is -0.481 e. The highest BCUT2D eigenvalue weighted by Crippen LogP contribution is 2.06. The molecule has 7 heteroatoms. The van der Waals surface area contributed by atoms with Gasteiger partial charge in [0.1, 0.15) is 0 Å². The summed E-state index contributed by atoms with van der Waals surface area (Å²) in [6, 6.07) is -0.0845. The predicted molar refractivity (Wildman–Crippen MR) is 70.0 cm³/mol. The van der Waals surface area contributed by atoms with Crippen molar-refractivity contribution in [2.24, 2.45) is 0 Å². The molecular weight excluding hydrogens is 250 g/mol. The molecule has 110 valence electrons. The monoisotopic (exact) mass is 273 g/mol. The number of carbonyl (C=O) groups excluding carboxylic acids is 1. The fraction of sp³-hybridized carbons (Fsp3) is 0.833. The summed E-state index contributed by atoms with van der Waals surface area (Å²) in [6.07, 6.45) is -0.401. The fourth-order valence-electron chi connectivity index (χ4n) is 2.13. The predicted octanol–water partition coefficient (Wildman–Crippen LogP) is -0.489. The normalized spacial score (nSPS) is 18.2. The molecule has 0 aliphatic carbocycles. The van der Waals surface area contributed by atoms with Crippen molar-refractivity contribution < 1.29 is 19.8 Å². The lowest BCUT2D eigenvalue weighted by Gasteiger charge is -2.36. The third kappa shape index (κ3) is 5.44. The molecule has 19 heavy (non-hydrogen) atoms. The van der Waals surface area contributed by atoms with Crippen LogP contribution in [-0.4, -0.2) is 89.3 Å². The van der Waals surface area contributed by atoms with Gasteiger partial charge in [0.05, 0.1) is 12.5 Å². The van der Waals surface area contributed by atoms with Crippen LogP contribution in [0.1, 0.15) is 13.3 Å². The van der Waals surface area contributed by atoms with E-state index >= 15 is 0 Å². The lowest BCUT2D eigenvalue weighted by atomic mass is 10.3. The number of hydrogen-bond donors (Lipinski definition) is 2. The van der Waals surface area contributed by atoms with Crippen LogP contribution in [0.15, 0.2) is 0 Å². The van der Waals surface area contributed by atoms with Crippen molar-refractivity contribution in [1.82, 2.24) is 14.7 Å². The van der Waals surface area contributed by atoms with E-state index in [9.17, 15) is 14.7 Å². The molecule has 1 aliphatic rings. The number of likely N-dealkylation sites (N-methyl/N-ethyl adjacent to an activating group) is 1. The zero-order valence-electron chi connectivity index (χ0n) is 11.6. The minimum absolute atomic E-state index is 0.0845. The number of urea groups is 1. The number of aliphatic carboxylic acids is 1. The van der Waals surface area contributed by atoms with Gasteiger partial charge in [0.25, 0.3) is 0 Å². The highest BCUT2D eigenvalue weighted by atomic mass is 16.4. The van der Waals surface area contributed by atoms with Crippen molar-refractivity contribution in [1.29, 1.82) is 0 Å². The molecule has 0 bridgehead atoms. The molecule has 1 unspecified atom stereocenters. The number of rotatable bonds is 5. The lowest BCUT2D eigenvalue weighted by Crippen LogP contribution is -2.53. The Morgan fingerprint density at radius 3 is 2.32 bits per heavy atom. The van der Waals surface area contributed by atoms with E-state index < -0.39 is 12.1 Å². The average Bonchev–Trinajstić information content (AvgIpc) is 2.35. The van der Waals surface area contributed by atoms with E-state index in [1.807, 2.05) is 4.90 Å². The molecule has 2 N–H and O–H groups in total. The van der Waals surface area contributed by atoms with E-state index in [2.05, 4.69) is 0 Å². The fourth-order valence-corrected chi connectivity index (χ4v) is 2.13. The van der Waals surface area contributed by atoms with Gasteiger partial charge in [-0.25, -0.2) is 4.79 Å². The standard InChI is InChI=1S/C12H23N3O4/c1-10(16)9-13(2)12(19)15-7-5-14(6-8-15)4-3-11(17)18/h10,16H,3-9H2,1-2H3,(H,17,18). The first-order valence-corrected chi connectivity index (χ1v) is 6.52. The maximum atomic E-state index is 12.0. The average molecular weight is 273 g/mol. The number of hydrogen-bond acceptors (Lipinski definition) is 4. The van der Waals surface area contributed by atoms with Gasteiger partial charge in [0.2, 0.25) is 0 Å². The number of carbonyl (C=O) groups is 2. The second-order valence-electron chi connectivity index (χ2n) is 4.98. The van der Waals surface area contributed by atoms with E-state index in [-0.39, 0.29) is 12.5 Å². The number of carboxylic acid groups (broad SMARTS) is 1. The largest absolute Gasteiger partial charge is 0.481 e. The van der Waals surface area contributed by atoms with Gasteiger partial charge in [-0.3, -0.25) is 9.69 Å². The first-order valence-electron chi connectivity index (χ1n) is 6.52. The number of piperazine rings is 1. The van der Waals surface area contributed by atoms with Crippen LogP contribution >= 0.6 is 0 Å². The van der Waals surface area contributed by atoms with Crippen molar-refractivity contribution in [2.75, 3.05) is 46.3 Å². The summed E-state index contributed by atoms with van der Waals surface area (Å²) in [5.74, 6) is -0.796. The van der Waals surface area contributed by atoms with Gasteiger partial charge in [-0.2, -0.15) is 0 Å². The van der Waals surface area contributed by atoms with Crippen LogP contribution < -0.4 is 0 Å². The minimum atomic E-state index is -0.796. The molecule has 0 aromatic carbocycles. The highest BCUT2D eigenvalue weighted by molar-refractivity contribution is 5.74. The Kier molecular flexibility index (Phi) is 6.04. The van der Waals surface area contributed by atoms with Crippen LogP contribution in [0.2, 0.25) is 0 Å².